The molecule has 3 unspecified atom stereocenters. The summed E-state index contributed by atoms with van der Waals surface area (Å²) >= 11 is 3.61. The van der Waals surface area contributed by atoms with Gasteiger partial charge in [0.1, 0.15) is 0 Å². The van der Waals surface area contributed by atoms with Crippen molar-refractivity contribution in [1.29, 1.82) is 0 Å². The van der Waals surface area contributed by atoms with Gasteiger partial charge >= 0.3 is 0 Å². The van der Waals surface area contributed by atoms with Crippen LogP contribution in [0.2, 0.25) is 0 Å². The Hall–Kier alpha value is -0.580. The van der Waals surface area contributed by atoms with E-state index < -0.39 is 0 Å². The van der Waals surface area contributed by atoms with Gasteiger partial charge in [0.2, 0.25) is 0 Å². The zero-order valence-corrected chi connectivity index (χ0v) is 13.9. The largest absolute Gasteiger partial charge is 0.366 e. The van der Waals surface area contributed by atoms with E-state index in [1.807, 2.05) is 0 Å². The van der Waals surface area contributed by atoms with Gasteiger partial charge in [0, 0.05) is 41.4 Å². The van der Waals surface area contributed by atoms with Crippen LogP contribution in [-0.4, -0.2) is 36.6 Å². The van der Waals surface area contributed by atoms with Crippen molar-refractivity contribution in [3.8, 4) is 0 Å². The van der Waals surface area contributed by atoms with Crippen LogP contribution in [0.4, 0.5) is 5.69 Å². The summed E-state index contributed by atoms with van der Waals surface area (Å²) in [7, 11) is 0. The quantitative estimate of drug-likeness (QED) is 0.899. The van der Waals surface area contributed by atoms with Crippen LogP contribution >= 0.6 is 15.9 Å². The molecule has 20 heavy (non-hydrogen) atoms. The molecule has 0 aromatic heterocycles. The molecule has 2 fully saturated rings. The van der Waals surface area contributed by atoms with E-state index in [2.05, 4.69) is 57.8 Å². The Balaban J connectivity index is 1.93. The minimum atomic E-state index is 0.0758. The number of benzene rings is 1. The fourth-order valence-corrected chi connectivity index (χ4v) is 4.02. The lowest BCUT2D eigenvalue weighted by Crippen LogP contribution is -2.55. The van der Waals surface area contributed by atoms with Crippen molar-refractivity contribution in [1.82, 2.24) is 4.90 Å². The molecule has 0 aliphatic carbocycles. The predicted molar refractivity (Wildman–Crippen MR) is 88.1 cm³/mol. The van der Waals surface area contributed by atoms with Gasteiger partial charge in [-0.05, 0) is 50.9 Å². The molecule has 2 N–H and O–H groups in total. The first-order valence-electron chi connectivity index (χ1n) is 7.62. The van der Waals surface area contributed by atoms with Gasteiger partial charge in [-0.3, -0.25) is 4.90 Å². The van der Waals surface area contributed by atoms with Crippen molar-refractivity contribution >= 4 is 21.6 Å². The first-order valence-corrected chi connectivity index (χ1v) is 8.41. The van der Waals surface area contributed by atoms with E-state index in [1.54, 1.807) is 0 Å². The van der Waals surface area contributed by atoms with Gasteiger partial charge in [0.15, 0.2) is 0 Å². The van der Waals surface area contributed by atoms with Crippen molar-refractivity contribution in [2.24, 2.45) is 5.73 Å². The summed E-state index contributed by atoms with van der Waals surface area (Å²) in [6.45, 7) is 8.00. The van der Waals surface area contributed by atoms with Crippen LogP contribution in [0.25, 0.3) is 0 Å². The first-order chi connectivity index (χ1) is 9.56. The molecule has 2 heterocycles. The van der Waals surface area contributed by atoms with Gasteiger partial charge in [0.25, 0.3) is 0 Å². The smallest absolute Gasteiger partial charge is 0.0429 e. The van der Waals surface area contributed by atoms with Crippen molar-refractivity contribution in [2.45, 2.75) is 44.8 Å². The molecule has 0 bridgehead atoms. The normalized spacial score (nSPS) is 28.5. The first kappa shape index (κ1) is 14.4. The molecular formula is C16H24BrN3. The van der Waals surface area contributed by atoms with E-state index in [-0.39, 0.29) is 6.04 Å². The maximum atomic E-state index is 6.17. The number of nitrogens with two attached hydrogens (primary N) is 1. The van der Waals surface area contributed by atoms with Crippen molar-refractivity contribution in [3.63, 3.8) is 0 Å². The van der Waals surface area contributed by atoms with Gasteiger partial charge in [-0.1, -0.05) is 22.0 Å². The second kappa shape index (κ2) is 5.66. The Bertz CT molecular complexity index is 489. The SMILES string of the molecule is CC(N)c1ccc(Br)cc1N1CC2CCCN2CC1C. The lowest BCUT2D eigenvalue weighted by Gasteiger charge is -2.44. The van der Waals surface area contributed by atoms with E-state index in [9.17, 15) is 0 Å². The molecule has 1 aromatic carbocycles. The molecule has 3 atom stereocenters. The molecule has 2 saturated heterocycles. The van der Waals surface area contributed by atoms with Gasteiger partial charge < -0.3 is 10.6 Å². The Morgan fingerprint density at radius 3 is 2.90 bits per heavy atom. The van der Waals surface area contributed by atoms with E-state index >= 15 is 0 Å². The summed E-state index contributed by atoms with van der Waals surface area (Å²) in [4.78, 5) is 5.22. The Kier molecular flexibility index (Phi) is 4.07. The lowest BCUT2D eigenvalue weighted by atomic mass is 10.0. The predicted octanol–water partition coefficient (Wildman–Crippen LogP) is 3.14. The second-order valence-corrected chi connectivity index (χ2v) is 7.20. The van der Waals surface area contributed by atoms with Crippen LogP contribution in [0, 0.1) is 0 Å². The van der Waals surface area contributed by atoms with Crippen LogP contribution in [0.15, 0.2) is 22.7 Å². The highest BCUT2D eigenvalue weighted by atomic mass is 79.9. The fourth-order valence-electron chi connectivity index (χ4n) is 3.67. The number of halogens is 1. The van der Waals surface area contributed by atoms with Crippen LogP contribution in [0.3, 0.4) is 0 Å². The third-order valence-electron chi connectivity index (χ3n) is 4.73. The van der Waals surface area contributed by atoms with Gasteiger partial charge in [-0.15, -0.1) is 0 Å². The third kappa shape index (κ3) is 2.61. The molecule has 3 nitrogen and oxygen atoms in total. The Morgan fingerprint density at radius 1 is 1.35 bits per heavy atom. The molecule has 3 rings (SSSR count). The fraction of sp³-hybridized carbons (Fsp3) is 0.625. The number of anilines is 1. The molecule has 4 heteroatoms. The zero-order chi connectivity index (χ0) is 14.3. The summed E-state index contributed by atoms with van der Waals surface area (Å²) in [6, 6.07) is 7.85. The minimum absolute atomic E-state index is 0.0758. The summed E-state index contributed by atoms with van der Waals surface area (Å²) in [5.74, 6) is 0. The van der Waals surface area contributed by atoms with E-state index in [1.165, 1.54) is 37.2 Å². The third-order valence-corrected chi connectivity index (χ3v) is 5.22. The minimum Gasteiger partial charge on any atom is -0.366 e. The number of hydrogen-bond donors (Lipinski definition) is 1. The van der Waals surface area contributed by atoms with Gasteiger partial charge in [0.05, 0.1) is 0 Å². The van der Waals surface area contributed by atoms with E-state index in [0.717, 1.165) is 17.1 Å². The lowest BCUT2D eigenvalue weighted by molar-refractivity contribution is 0.202. The molecule has 2 aliphatic heterocycles. The van der Waals surface area contributed by atoms with E-state index in [0.29, 0.717) is 6.04 Å². The number of hydrogen-bond acceptors (Lipinski definition) is 3. The standard InChI is InChI=1S/C16H24BrN3/c1-11-9-19-7-3-4-14(19)10-20(11)16-8-13(17)5-6-15(16)12(2)18/h5-6,8,11-12,14H,3-4,7,9-10,18H2,1-2H3. The summed E-state index contributed by atoms with van der Waals surface area (Å²) in [6.07, 6.45) is 2.69. The summed E-state index contributed by atoms with van der Waals surface area (Å²) in [5, 5.41) is 0. The Labute approximate surface area is 130 Å². The maximum Gasteiger partial charge on any atom is 0.0429 e. The molecule has 1 aromatic rings. The molecule has 0 spiro atoms. The maximum absolute atomic E-state index is 6.17. The van der Waals surface area contributed by atoms with Crippen LogP contribution in [0.1, 0.15) is 38.3 Å². The van der Waals surface area contributed by atoms with Crippen molar-refractivity contribution in [3.05, 3.63) is 28.2 Å². The molecule has 0 radical (unpaired) electrons. The number of nitrogens with zero attached hydrogens (tertiary/aromatic N) is 2. The molecule has 2 aliphatic rings. The topological polar surface area (TPSA) is 32.5 Å². The number of piperazine rings is 1. The van der Waals surface area contributed by atoms with E-state index in [4.69, 9.17) is 5.73 Å². The number of rotatable bonds is 2. The molecular weight excluding hydrogens is 314 g/mol. The Morgan fingerprint density at radius 2 is 2.15 bits per heavy atom. The highest BCUT2D eigenvalue weighted by Gasteiger charge is 2.35. The second-order valence-electron chi connectivity index (χ2n) is 6.28. The average Bonchev–Trinajstić information content (AvgIpc) is 2.84. The molecule has 0 saturated carbocycles. The average molecular weight is 338 g/mol. The van der Waals surface area contributed by atoms with Crippen LogP contribution < -0.4 is 10.6 Å². The number of fused-ring (bicyclic) bond motifs is 1. The van der Waals surface area contributed by atoms with Crippen LogP contribution in [0.5, 0.6) is 0 Å². The highest BCUT2D eigenvalue weighted by molar-refractivity contribution is 9.10. The summed E-state index contributed by atoms with van der Waals surface area (Å²) in [5.41, 5.74) is 8.74. The molecule has 110 valence electrons. The monoisotopic (exact) mass is 337 g/mol. The molecule has 0 amide bonds. The van der Waals surface area contributed by atoms with Crippen molar-refractivity contribution in [2.75, 3.05) is 24.5 Å². The van der Waals surface area contributed by atoms with Crippen LogP contribution in [-0.2, 0) is 0 Å². The highest BCUT2D eigenvalue weighted by Crippen LogP contribution is 2.34. The van der Waals surface area contributed by atoms with Gasteiger partial charge in [-0.25, -0.2) is 0 Å². The van der Waals surface area contributed by atoms with Crippen molar-refractivity contribution < 1.29 is 0 Å². The van der Waals surface area contributed by atoms with Gasteiger partial charge in [-0.2, -0.15) is 0 Å². The zero-order valence-electron chi connectivity index (χ0n) is 12.3. The summed E-state index contributed by atoms with van der Waals surface area (Å²) < 4.78 is 1.14.